The number of nitrogens with zero attached hydrogens (tertiary/aromatic N) is 4. The first-order chi connectivity index (χ1) is 16.6. The van der Waals surface area contributed by atoms with Crippen LogP contribution in [0.1, 0.15) is 22.3 Å². The van der Waals surface area contributed by atoms with Crippen molar-refractivity contribution in [3.8, 4) is 6.07 Å². The van der Waals surface area contributed by atoms with Crippen molar-refractivity contribution in [2.45, 2.75) is 6.18 Å². The average Bonchev–Trinajstić information content (AvgIpc) is 3.34. The fourth-order valence-electron chi connectivity index (χ4n) is 4.04. The van der Waals surface area contributed by atoms with Gasteiger partial charge in [0.1, 0.15) is 5.82 Å². The standard InChI is InChI=1S/C25H12F5N4O/c26-18-9-10-20(19(27)11-18)34-21(15-5-7-17(8-6-15)25(28,29)30)13-32-24(34)23(35)22(33-34)16-3-1-14(12-31)2-4-16/h1-11,13H/q+1. The van der Waals surface area contributed by atoms with Crippen molar-refractivity contribution >= 4 is 28.7 Å². The Balaban J connectivity index is 1.72. The normalized spacial score (nSPS) is 19.1. The highest BCUT2D eigenvalue weighted by Crippen LogP contribution is 2.45. The molecule has 0 fully saturated rings. The Hall–Kier alpha value is -4.49. The average molecular weight is 479 g/mol. The Morgan fingerprint density at radius 2 is 1.54 bits per heavy atom. The van der Waals surface area contributed by atoms with Crippen molar-refractivity contribution in [1.82, 2.24) is 4.59 Å². The van der Waals surface area contributed by atoms with Crippen LogP contribution in [0.4, 0.5) is 27.6 Å². The fraction of sp³-hybridized carbons (Fsp3) is 0.0400. The molecule has 0 spiro atoms. The second-order valence-corrected chi connectivity index (χ2v) is 7.74. The van der Waals surface area contributed by atoms with Crippen LogP contribution < -0.4 is 4.59 Å². The predicted octanol–water partition coefficient (Wildman–Crippen LogP) is 5.56. The van der Waals surface area contributed by atoms with Gasteiger partial charge in [0, 0.05) is 23.3 Å². The molecule has 2 aliphatic heterocycles. The third-order valence-electron chi connectivity index (χ3n) is 5.69. The van der Waals surface area contributed by atoms with E-state index < -0.39 is 33.7 Å². The number of ketones is 1. The lowest BCUT2D eigenvalue weighted by Crippen LogP contribution is -2.45. The summed E-state index contributed by atoms with van der Waals surface area (Å²) in [7, 11) is 0. The quantitative estimate of drug-likeness (QED) is 0.365. The number of alkyl halides is 3. The van der Waals surface area contributed by atoms with E-state index in [0.29, 0.717) is 17.2 Å². The maximum atomic E-state index is 15.1. The topological polar surface area (TPSA) is 65.6 Å². The molecule has 0 aliphatic carbocycles. The molecule has 0 bridgehead atoms. The van der Waals surface area contributed by atoms with Crippen LogP contribution in [0.15, 0.2) is 83.0 Å². The van der Waals surface area contributed by atoms with E-state index in [9.17, 15) is 22.4 Å². The molecule has 0 saturated carbocycles. The Labute approximate surface area is 195 Å². The molecule has 1 atom stereocenters. The number of carbonyl (C=O) groups is 1. The van der Waals surface area contributed by atoms with Gasteiger partial charge in [0.25, 0.3) is 5.78 Å². The lowest BCUT2D eigenvalue weighted by atomic mass is 10.0. The van der Waals surface area contributed by atoms with E-state index in [4.69, 9.17) is 5.26 Å². The van der Waals surface area contributed by atoms with Gasteiger partial charge in [-0.25, -0.2) is 8.78 Å². The summed E-state index contributed by atoms with van der Waals surface area (Å²) in [6, 6.07) is 14.7. The van der Waals surface area contributed by atoms with Gasteiger partial charge in [0.05, 0.1) is 23.4 Å². The van der Waals surface area contributed by atoms with Crippen LogP contribution in [-0.4, -0.2) is 17.3 Å². The number of hydrogen-bond donors (Lipinski definition) is 0. The number of rotatable bonds is 3. The maximum Gasteiger partial charge on any atom is 0.416 e. The van der Waals surface area contributed by atoms with Crippen molar-refractivity contribution in [3.63, 3.8) is 0 Å². The van der Waals surface area contributed by atoms with Crippen LogP contribution in [0.3, 0.4) is 0 Å². The number of amidine groups is 1. The van der Waals surface area contributed by atoms with Crippen molar-refractivity contribution < 1.29 is 26.7 Å². The molecule has 0 N–H and O–H groups in total. The number of benzene rings is 3. The van der Waals surface area contributed by atoms with E-state index in [2.05, 4.69) is 10.1 Å². The van der Waals surface area contributed by atoms with E-state index in [-0.39, 0.29) is 28.5 Å². The molecule has 2 aliphatic rings. The molecule has 0 radical (unpaired) electrons. The smallest absolute Gasteiger partial charge is 0.278 e. The molecule has 0 aromatic heterocycles. The molecule has 3 aromatic rings. The number of halogens is 5. The number of fused-ring (bicyclic) bond motifs is 1. The number of aliphatic imine (C=N–C) groups is 1. The molecule has 5 nitrogen and oxygen atoms in total. The van der Waals surface area contributed by atoms with Crippen LogP contribution in [0, 0.1) is 23.0 Å². The Kier molecular flexibility index (Phi) is 4.96. The van der Waals surface area contributed by atoms with E-state index in [1.54, 1.807) is 0 Å². The molecular formula is C25H12F5N4O+. The third kappa shape index (κ3) is 3.45. The van der Waals surface area contributed by atoms with Gasteiger partial charge in [-0.3, -0.25) is 4.79 Å². The van der Waals surface area contributed by atoms with Gasteiger partial charge in [0.2, 0.25) is 5.69 Å². The molecule has 0 saturated heterocycles. The molecule has 172 valence electrons. The molecule has 0 amide bonds. The summed E-state index contributed by atoms with van der Waals surface area (Å²) in [5.41, 5.74) is -0.219. The summed E-state index contributed by atoms with van der Waals surface area (Å²) >= 11 is 0. The molecule has 2 heterocycles. The van der Waals surface area contributed by atoms with E-state index in [1.807, 2.05) is 6.07 Å². The van der Waals surface area contributed by atoms with Gasteiger partial charge in [0.15, 0.2) is 17.2 Å². The molecule has 10 heteroatoms. The first-order valence-corrected chi connectivity index (χ1v) is 10.1. The van der Waals surface area contributed by atoms with E-state index in [1.165, 1.54) is 42.6 Å². The summed E-state index contributed by atoms with van der Waals surface area (Å²) in [5, 5.41) is 13.5. The van der Waals surface area contributed by atoms with Crippen LogP contribution >= 0.6 is 0 Å². The summed E-state index contributed by atoms with van der Waals surface area (Å²) in [6.45, 7) is 0. The summed E-state index contributed by atoms with van der Waals surface area (Å²) < 4.78 is 67.1. The first-order valence-electron chi connectivity index (χ1n) is 10.1. The number of quaternary nitrogens is 1. The van der Waals surface area contributed by atoms with Crippen molar-refractivity contribution in [1.29, 1.82) is 5.26 Å². The van der Waals surface area contributed by atoms with E-state index in [0.717, 1.165) is 24.3 Å². The Bertz CT molecular complexity index is 1510. The zero-order chi connectivity index (χ0) is 25.0. The lowest BCUT2D eigenvalue weighted by molar-refractivity contribution is -0.137. The fourth-order valence-corrected chi connectivity index (χ4v) is 4.04. The molecule has 5 rings (SSSR count). The van der Waals surface area contributed by atoms with Crippen LogP contribution in [0.5, 0.6) is 0 Å². The minimum absolute atomic E-state index is 0.0884. The summed E-state index contributed by atoms with van der Waals surface area (Å²) in [5.74, 6) is -2.74. The van der Waals surface area contributed by atoms with Gasteiger partial charge in [-0.2, -0.15) is 23.4 Å². The van der Waals surface area contributed by atoms with Crippen LogP contribution in [0.2, 0.25) is 0 Å². The molecule has 1 unspecified atom stereocenters. The van der Waals surface area contributed by atoms with Gasteiger partial charge in [-0.15, -0.1) is 0 Å². The second-order valence-electron chi connectivity index (χ2n) is 7.74. The van der Waals surface area contributed by atoms with Gasteiger partial charge in [-0.05, 0) is 42.5 Å². The van der Waals surface area contributed by atoms with Gasteiger partial charge in [-0.1, -0.05) is 21.8 Å². The van der Waals surface area contributed by atoms with E-state index >= 15 is 4.39 Å². The summed E-state index contributed by atoms with van der Waals surface area (Å²) in [4.78, 5) is 17.5. The van der Waals surface area contributed by atoms with Gasteiger partial charge < -0.3 is 0 Å². The molecule has 3 aromatic carbocycles. The van der Waals surface area contributed by atoms with Gasteiger partial charge >= 0.3 is 12.0 Å². The SMILES string of the molecule is N#Cc1ccc(C2=N[N+]3(c4ccc(F)cc4F)C(c4ccc(C(F)(F)F)cc4)=CN=C3C2=O)cc1. The van der Waals surface area contributed by atoms with Crippen molar-refractivity contribution in [2.75, 3.05) is 0 Å². The highest BCUT2D eigenvalue weighted by Gasteiger charge is 2.58. The predicted molar refractivity (Wildman–Crippen MR) is 118 cm³/mol. The molecular weight excluding hydrogens is 467 g/mol. The molecule has 35 heavy (non-hydrogen) atoms. The minimum Gasteiger partial charge on any atom is -0.278 e. The summed E-state index contributed by atoms with van der Waals surface area (Å²) in [6.07, 6.45) is -3.33. The monoisotopic (exact) mass is 479 g/mol. The lowest BCUT2D eigenvalue weighted by Gasteiger charge is -2.26. The number of nitriles is 1. The van der Waals surface area contributed by atoms with Crippen LogP contribution in [-0.2, 0) is 11.0 Å². The zero-order valence-electron chi connectivity index (χ0n) is 17.5. The van der Waals surface area contributed by atoms with Crippen molar-refractivity contribution in [2.24, 2.45) is 10.1 Å². The minimum atomic E-state index is -4.57. The second kappa shape index (κ2) is 7.78. The highest BCUT2D eigenvalue weighted by atomic mass is 19.4. The number of hydrogen-bond acceptors (Lipinski definition) is 4. The largest absolute Gasteiger partial charge is 0.416 e. The highest BCUT2D eigenvalue weighted by molar-refractivity contribution is 6.73. The third-order valence-corrected chi connectivity index (χ3v) is 5.69. The zero-order valence-corrected chi connectivity index (χ0v) is 17.5. The van der Waals surface area contributed by atoms with Crippen LogP contribution in [0.25, 0.3) is 5.70 Å². The van der Waals surface area contributed by atoms with Crippen molar-refractivity contribution in [3.05, 3.63) is 107 Å². The Morgan fingerprint density at radius 3 is 2.14 bits per heavy atom. The number of Topliss-reactive ketones (excluding diaryl/α,β-unsaturated/α-hetero) is 1. The number of carbonyl (C=O) groups excluding carboxylic acids is 1. The maximum absolute atomic E-state index is 15.1. The Morgan fingerprint density at radius 1 is 0.886 bits per heavy atom. The first kappa shape index (κ1) is 22.3.